The smallest absolute Gasteiger partial charge is 0.0828 e. The molecular weight excluding hydrogens is 162 g/mol. The number of aryl methyl sites for hydroxylation is 1. The molecule has 2 heteroatoms. The highest BCUT2D eigenvalue weighted by Crippen LogP contribution is 2.07. The van der Waals surface area contributed by atoms with Gasteiger partial charge in [0.1, 0.15) is 0 Å². The van der Waals surface area contributed by atoms with Crippen molar-refractivity contribution in [3.8, 4) is 0 Å². The zero-order valence-electron chi connectivity index (χ0n) is 7.92. The zero-order chi connectivity index (χ0) is 9.10. The van der Waals surface area contributed by atoms with Crippen molar-refractivity contribution >= 4 is 0 Å². The molecule has 0 radical (unpaired) electrons. The molecule has 2 nitrogen and oxygen atoms in total. The van der Waals surface area contributed by atoms with Crippen molar-refractivity contribution in [3.63, 3.8) is 0 Å². The molecule has 1 N–H and O–H groups in total. The molecule has 70 valence electrons. The fraction of sp³-hybridized carbons (Fsp3) is 0.455. The molecule has 0 aliphatic carbocycles. The Morgan fingerprint density at radius 2 is 2.00 bits per heavy atom. The van der Waals surface area contributed by atoms with Crippen LogP contribution in [0.2, 0.25) is 0 Å². The van der Waals surface area contributed by atoms with Gasteiger partial charge in [-0.15, -0.1) is 0 Å². The summed E-state index contributed by atoms with van der Waals surface area (Å²) in [5.74, 6) is 0. The summed E-state index contributed by atoms with van der Waals surface area (Å²) >= 11 is 0. The normalized spacial score (nSPS) is 17.0. The molecular formula is C11H15NO. The lowest BCUT2D eigenvalue weighted by Gasteiger charge is -2.27. The summed E-state index contributed by atoms with van der Waals surface area (Å²) in [5, 5.41) is 3.18. The molecule has 0 amide bonds. The number of ether oxygens (including phenoxy) is 1. The molecule has 1 saturated heterocycles. The first-order valence-corrected chi connectivity index (χ1v) is 4.72. The van der Waals surface area contributed by atoms with Gasteiger partial charge in [-0.25, -0.2) is 0 Å². The van der Waals surface area contributed by atoms with E-state index in [0.29, 0.717) is 6.10 Å². The van der Waals surface area contributed by atoms with Crippen molar-refractivity contribution in [1.29, 1.82) is 0 Å². The lowest BCUT2D eigenvalue weighted by Crippen LogP contribution is -2.48. The van der Waals surface area contributed by atoms with Crippen LogP contribution in [0.4, 0.5) is 0 Å². The van der Waals surface area contributed by atoms with Crippen molar-refractivity contribution in [1.82, 2.24) is 5.32 Å². The number of hydrogen-bond donors (Lipinski definition) is 1. The first-order valence-electron chi connectivity index (χ1n) is 4.72. The molecule has 1 fully saturated rings. The Kier molecular flexibility index (Phi) is 2.62. The van der Waals surface area contributed by atoms with E-state index in [9.17, 15) is 0 Å². The largest absolute Gasteiger partial charge is 0.371 e. The quantitative estimate of drug-likeness (QED) is 0.755. The van der Waals surface area contributed by atoms with E-state index in [4.69, 9.17) is 4.74 Å². The van der Waals surface area contributed by atoms with Crippen LogP contribution >= 0.6 is 0 Å². The molecule has 1 aliphatic heterocycles. The summed E-state index contributed by atoms with van der Waals surface area (Å²) in [6.45, 7) is 4.85. The van der Waals surface area contributed by atoms with Crippen LogP contribution in [0.3, 0.4) is 0 Å². The molecule has 2 rings (SSSR count). The highest BCUT2D eigenvalue weighted by atomic mass is 16.5. The Bertz CT molecular complexity index is 264. The molecule has 13 heavy (non-hydrogen) atoms. The fourth-order valence-electron chi connectivity index (χ4n) is 1.28. The van der Waals surface area contributed by atoms with E-state index in [-0.39, 0.29) is 0 Å². The molecule has 1 heterocycles. The second-order valence-electron chi connectivity index (χ2n) is 3.58. The lowest BCUT2D eigenvalue weighted by molar-refractivity contribution is 0.00758. The van der Waals surface area contributed by atoms with E-state index in [1.165, 1.54) is 11.1 Å². The minimum Gasteiger partial charge on any atom is -0.371 e. The van der Waals surface area contributed by atoms with E-state index in [0.717, 1.165) is 19.7 Å². The highest BCUT2D eigenvalue weighted by Gasteiger charge is 2.16. The molecule has 0 saturated carbocycles. The van der Waals surface area contributed by atoms with E-state index in [1.54, 1.807) is 0 Å². The van der Waals surface area contributed by atoms with Crippen LogP contribution < -0.4 is 5.32 Å². The summed E-state index contributed by atoms with van der Waals surface area (Å²) in [6.07, 6.45) is 0.432. The van der Waals surface area contributed by atoms with Gasteiger partial charge in [0.2, 0.25) is 0 Å². The van der Waals surface area contributed by atoms with Gasteiger partial charge in [-0.3, -0.25) is 0 Å². The monoisotopic (exact) mass is 177 g/mol. The van der Waals surface area contributed by atoms with Crippen molar-refractivity contribution < 1.29 is 4.74 Å². The van der Waals surface area contributed by atoms with Gasteiger partial charge < -0.3 is 10.1 Å². The van der Waals surface area contributed by atoms with E-state index < -0.39 is 0 Å². The van der Waals surface area contributed by atoms with Crippen LogP contribution in [-0.4, -0.2) is 19.2 Å². The lowest BCUT2D eigenvalue weighted by atomic mass is 10.1. The van der Waals surface area contributed by atoms with Crippen LogP contribution in [0.5, 0.6) is 0 Å². The third kappa shape index (κ3) is 2.29. The molecule has 1 aromatic carbocycles. The van der Waals surface area contributed by atoms with E-state index >= 15 is 0 Å². The maximum absolute atomic E-state index is 5.64. The van der Waals surface area contributed by atoms with Gasteiger partial charge in [-0.05, 0) is 12.5 Å². The van der Waals surface area contributed by atoms with Gasteiger partial charge in [0.25, 0.3) is 0 Å². The standard InChI is InChI=1S/C11H15NO/c1-9-2-4-10(5-3-9)8-13-11-6-12-7-11/h2-5,11-12H,6-8H2,1H3. The molecule has 1 aromatic rings. The maximum Gasteiger partial charge on any atom is 0.0828 e. The molecule has 0 aromatic heterocycles. The van der Waals surface area contributed by atoms with Crippen molar-refractivity contribution in [2.24, 2.45) is 0 Å². The maximum atomic E-state index is 5.64. The predicted octanol–water partition coefficient (Wildman–Crippen LogP) is 1.48. The number of hydrogen-bond acceptors (Lipinski definition) is 2. The second kappa shape index (κ2) is 3.90. The Hall–Kier alpha value is -0.860. The SMILES string of the molecule is Cc1ccc(COC2CNC2)cc1. The van der Waals surface area contributed by atoms with Crippen LogP contribution in [-0.2, 0) is 11.3 Å². The van der Waals surface area contributed by atoms with Gasteiger partial charge in [-0.1, -0.05) is 29.8 Å². The van der Waals surface area contributed by atoms with Crippen LogP contribution in [0.1, 0.15) is 11.1 Å². The van der Waals surface area contributed by atoms with Crippen LogP contribution in [0.25, 0.3) is 0 Å². The third-order valence-electron chi connectivity index (χ3n) is 2.35. The molecule has 1 aliphatic rings. The minimum absolute atomic E-state index is 0.432. The van der Waals surface area contributed by atoms with Crippen molar-refractivity contribution in [2.75, 3.05) is 13.1 Å². The Morgan fingerprint density at radius 3 is 2.54 bits per heavy atom. The topological polar surface area (TPSA) is 21.3 Å². The number of benzene rings is 1. The third-order valence-corrected chi connectivity index (χ3v) is 2.35. The summed E-state index contributed by atoms with van der Waals surface area (Å²) < 4.78 is 5.64. The van der Waals surface area contributed by atoms with Crippen molar-refractivity contribution in [3.05, 3.63) is 35.4 Å². The Morgan fingerprint density at radius 1 is 1.31 bits per heavy atom. The summed E-state index contributed by atoms with van der Waals surface area (Å²) in [5.41, 5.74) is 2.56. The van der Waals surface area contributed by atoms with E-state index in [1.807, 2.05) is 0 Å². The van der Waals surface area contributed by atoms with Crippen LogP contribution in [0, 0.1) is 6.92 Å². The molecule has 0 unspecified atom stereocenters. The Labute approximate surface area is 78.9 Å². The summed E-state index contributed by atoms with van der Waals surface area (Å²) in [6, 6.07) is 8.50. The van der Waals surface area contributed by atoms with Crippen molar-refractivity contribution in [2.45, 2.75) is 19.6 Å². The summed E-state index contributed by atoms with van der Waals surface area (Å²) in [7, 11) is 0. The molecule has 0 atom stereocenters. The second-order valence-corrected chi connectivity index (χ2v) is 3.58. The molecule has 0 spiro atoms. The number of nitrogens with one attached hydrogen (secondary N) is 1. The van der Waals surface area contributed by atoms with Gasteiger partial charge in [0.05, 0.1) is 12.7 Å². The van der Waals surface area contributed by atoms with Gasteiger partial charge in [0.15, 0.2) is 0 Å². The van der Waals surface area contributed by atoms with Gasteiger partial charge in [-0.2, -0.15) is 0 Å². The average molecular weight is 177 g/mol. The minimum atomic E-state index is 0.432. The fourth-order valence-corrected chi connectivity index (χ4v) is 1.28. The molecule has 0 bridgehead atoms. The predicted molar refractivity (Wildman–Crippen MR) is 52.6 cm³/mol. The Balaban J connectivity index is 1.83. The first kappa shape index (κ1) is 8.73. The highest BCUT2D eigenvalue weighted by molar-refractivity contribution is 5.20. The average Bonchev–Trinajstić information content (AvgIpc) is 2.05. The zero-order valence-corrected chi connectivity index (χ0v) is 7.92. The summed E-state index contributed by atoms with van der Waals surface area (Å²) in [4.78, 5) is 0. The first-order chi connectivity index (χ1) is 6.34. The van der Waals surface area contributed by atoms with E-state index in [2.05, 4.69) is 36.5 Å². The van der Waals surface area contributed by atoms with Gasteiger partial charge in [0, 0.05) is 13.1 Å². The van der Waals surface area contributed by atoms with Crippen LogP contribution in [0.15, 0.2) is 24.3 Å². The number of rotatable bonds is 3. The van der Waals surface area contributed by atoms with Gasteiger partial charge >= 0.3 is 0 Å².